The molecule has 9 heteroatoms. The summed E-state index contributed by atoms with van der Waals surface area (Å²) < 4.78 is 16.6. The molecule has 2 atom stereocenters. The fourth-order valence-corrected chi connectivity index (χ4v) is 4.36. The van der Waals surface area contributed by atoms with Gasteiger partial charge in [-0.2, -0.15) is 0 Å². The molecule has 0 radical (unpaired) electrons. The lowest BCUT2D eigenvalue weighted by atomic mass is 10.1. The fourth-order valence-electron chi connectivity index (χ4n) is 4.36. The summed E-state index contributed by atoms with van der Waals surface area (Å²) in [6.07, 6.45) is 0.185. The molecule has 0 aromatic heterocycles. The van der Waals surface area contributed by atoms with Gasteiger partial charge in [0.25, 0.3) is 5.91 Å². The molecule has 1 aromatic rings. The average molecular weight is 492 g/mol. The number of β-amino-alcohol motifs (C(OH)–C–C–N with tert-alkyl or cyclic N) is 1. The van der Waals surface area contributed by atoms with Gasteiger partial charge in [-0.25, -0.2) is 0 Å². The molecule has 2 fully saturated rings. The highest BCUT2D eigenvalue weighted by atomic mass is 16.5. The lowest BCUT2D eigenvalue weighted by Gasteiger charge is -2.37. The van der Waals surface area contributed by atoms with E-state index < -0.39 is 6.10 Å². The molecule has 3 rings (SSSR count). The summed E-state index contributed by atoms with van der Waals surface area (Å²) in [4.78, 5) is 31.3. The third-order valence-electron chi connectivity index (χ3n) is 6.38. The van der Waals surface area contributed by atoms with Gasteiger partial charge in [-0.15, -0.1) is 0 Å². The number of hydrogen-bond acceptors (Lipinski definition) is 8. The van der Waals surface area contributed by atoms with Crippen LogP contribution < -0.4 is 0 Å². The zero-order valence-electron chi connectivity index (χ0n) is 21.2. The van der Waals surface area contributed by atoms with Crippen LogP contribution in [-0.4, -0.2) is 123 Å². The third kappa shape index (κ3) is 9.50. The predicted molar refractivity (Wildman–Crippen MR) is 132 cm³/mol. The number of carbonyl (C=O) groups excluding carboxylic acids is 2. The van der Waals surface area contributed by atoms with Crippen molar-refractivity contribution in [3.63, 3.8) is 0 Å². The van der Waals surface area contributed by atoms with Crippen LogP contribution >= 0.6 is 0 Å². The van der Waals surface area contributed by atoms with Crippen LogP contribution in [0.3, 0.4) is 0 Å². The van der Waals surface area contributed by atoms with Crippen LogP contribution in [-0.2, 0) is 19.0 Å². The van der Waals surface area contributed by atoms with Gasteiger partial charge < -0.3 is 24.2 Å². The van der Waals surface area contributed by atoms with Crippen LogP contribution in [0.15, 0.2) is 24.3 Å². The first kappa shape index (κ1) is 27.5. The second-order valence-electron chi connectivity index (χ2n) is 9.41. The Hall–Kier alpha value is -2.04. The zero-order chi connectivity index (χ0) is 25.0. The standard InChI is InChI=1S/C26H41N3O6/c1-3-4-25(31)35-20-23(30)17-28-13-16-34-24(18-28)19-29(10-9-27-11-14-33-15-12-27)26(32)22-7-5-21(2)6-8-22/h5-8,23-24,30H,3-4,9-20H2,1-2H3. The van der Waals surface area contributed by atoms with Crippen LogP contribution in [0.1, 0.15) is 35.7 Å². The van der Waals surface area contributed by atoms with Gasteiger partial charge in [-0.05, 0) is 25.5 Å². The van der Waals surface area contributed by atoms with Crippen LogP contribution in [0.4, 0.5) is 0 Å². The summed E-state index contributed by atoms with van der Waals surface area (Å²) >= 11 is 0. The van der Waals surface area contributed by atoms with Crippen molar-refractivity contribution in [3.05, 3.63) is 35.4 Å². The molecule has 2 heterocycles. The number of carbonyl (C=O) groups is 2. The van der Waals surface area contributed by atoms with Gasteiger partial charge in [0.1, 0.15) is 12.7 Å². The van der Waals surface area contributed by atoms with Gasteiger partial charge in [0.05, 0.1) is 25.9 Å². The number of aryl methyl sites for hydroxylation is 1. The summed E-state index contributed by atoms with van der Waals surface area (Å²) in [7, 11) is 0. The minimum atomic E-state index is -0.749. The first-order valence-corrected chi connectivity index (χ1v) is 12.8. The van der Waals surface area contributed by atoms with Gasteiger partial charge in [-0.1, -0.05) is 24.6 Å². The van der Waals surface area contributed by atoms with Crippen molar-refractivity contribution in [2.45, 2.75) is 38.9 Å². The van der Waals surface area contributed by atoms with Crippen molar-refractivity contribution < 1.29 is 28.9 Å². The highest BCUT2D eigenvalue weighted by Crippen LogP contribution is 2.13. The molecular weight excluding hydrogens is 450 g/mol. The number of amides is 1. The molecule has 1 aromatic carbocycles. The monoisotopic (exact) mass is 491 g/mol. The largest absolute Gasteiger partial charge is 0.463 e. The highest BCUT2D eigenvalue weighted by Gasteiger charge is 2.27. The number of nitrogens with zero attached hydrogens (tertiary/aromatic N) is 3. The van der Waals surface area contributed by atoms with E-state index in [1.54, 1.807) is 0 Å². The topological polar surface area (TPSA) is 91.8 Å². The van der Waals surface area contributed by atoms with E-state index in [0.29, 0.717) is 51.3 Å². The van der Waals surface area contributed by atoms with E-state index in [2.05, 4.69) is 9.80 Å². The predicted octanol–water partition coefficient (Wildman–Crippen LogP) is 1.17. The number of rotatable bonds is 12. The van der Waals surface area contributed by atoms with Crippen LogP contribution in [0.25, 0.3) is 0 Å². The Labute approximate surface area is 208 Å². The minimum absolute atomic E-state index is 0.00155. The Morgan fingerprint density at radius 1 is 1.14 bits per heavy atom. The normalized spacial score (nSPS) is 20.4. The Balaban J connectivity index is 1.56. The van der Waals surface area contributed by atoms with E-state index in [-0.39, 0.29) is 24.6 Å². The van der Waals surface area contributed by atoms with E-state index >= 15 is 0 Å². The fraction of sp³-hybridized carbons (Fsp3) is 0.692. The molecule has 2 saturated heterocycles. The minimum Gasteiger partial charge on any atom is -0.463 e. The maximum absolute atomic E-state index is 13.4. The molecule has 2 aliphatic heterocycles. The summed E-state index contributed by atoms with van der Waals surface area (Å²) in [5.74, 6) is -0.279. The van der Waals surface area contributed by atoms with Crippen molar-refractivity contribution in [2.24, 2.45) is 0 Å². The number of ether oxygens (including phenoxy) is 3. The Kier molecular flexibility index (Phi) is 11.4. The second kappa shape index (κ2) is 14.5. The first-order valence-electron chi connectivity index (χ1n) is 12.8. The number of aliphatic hydroxyl groups excluding tert-OH is 1. The van der Waals surface area contributed by atoms with Gasteiger partial charge >= 0.3 is 5.97 Å². The summed E-state index contributed by atoms with van der Waals surface area (Å²) in [5.41, 5.74) is 1.79. The van der Waals surface area contributed by atoms with E-state index in [4.69, 9.17) is 14.2 Å². The number of morpholine rings is 2. The summed E-state index contributed by atoms with van der Waals surface area (Å²) in [5, 5.41) is 10.3. The van der Waals surface area contributed by atoms with Crippen molar-refractivity contribution in [3.8, 4) is 0 Å². The number of aliphatic hydroxyl groups is 1. The Bertz CT molecular complexity index is 784. The molecule has 0 spiro atoms. The lowest BCUT2D eigenvalue weighted by Crippen LogP contribution is -2.52. The van der Waals surface area contributed by atoms with E-state index in [9.17, 15) is 14.7 Å². The van der Waals surface area contributed by atoms with Gasteiger partial charge in [0.2, 0.25) is 0 Å². The smallest absolute Gasteiger partial charge is 0.305 e. The van der Waals surface area contributed by atoms with E-state index in [0.717, 1.165) is 44.8 Å². The average Bonchev–Trinajstić information content (AvgIpc) is 2.86. The van der Waals surface area contributed by atoms with E-state index in [1.807, 2.05) is 43.0 Å². The molecule has 1 N–H and O–H groups in total. The van der Waals surface area contributed by atoms with Crippen LogP contribution in [0, 0.1) is 6.92 Å². The Morgan fingerprint density at radius 2 is 1.86 bits per heavy atom. The molecule has 196 valence electrons. The molecule has 0 bridgehead atoms. The molecular formula is C26H41N3O6. The molecule has 0 aliphatic carbocycles. The molecule has 0 saturated carbocycles. The molecule has 2 aliphatic rings. The lowest BCUT2D eigenvalue weighted by molar-refractivity contribution is -0.147. The van der Waals surface area contributed by atoms with Gasteiger partial charge in [0.15, 0.2) is 0 Å². The van der Waals surface area contributed by atoms with Crippen LogP contribution in [0.5, 0.6) is 0 Å². The highest BCUT2D eigenvalue weighted by molar-refractivity contribution is 5.94. The quantitative estimate of drug-likeness (QED) is 0.436. The molecule has 9 nitrogen and oxygen atoms in total. The van der Waals surface area contributed by atoms with Crippen molar-refractivity contribution >= 4 is 11.9 Å². The molecule has 35 heavy (non-hydrogen) atoms. The SMILES string of the molecule is CCCC(=O)OCC(O)CN1CCOC(CN(CCN2CCOCC2)C(=O)c2ccc(C)cc2)C1. The number of benzene rings is 1. The summed E-state index contributed by atoms with van der Waals surface area (Å²) in [6.45, 7) is 11.2. The number of hydrogen-bond donors (Lipinski definition) is 1. The summed E-state index contributed by atoms with van der Waals surface area (Å²) in [6, 6.07) is 7.68. The van der Waals surface area contributed by atoms with Crippen LogP contribution in [0.2, 0.25) is 0 Å². The van der Waals surface area contributed by atoms with Gasteiger partial charge in [-0.3, -0.25) is 19.4 Å². The first-order chi connectivity index (χ1) is 16.9. The zero-order valence-corrected chi connectivity index (χ0v) is 21.2. The third-order valence-corrected chi connectivity index (χ3v) is 6.38. The second-order valence-corrected chi connectivity index (χ2v) is 9.41. The van der Waals surface area contributed by atoms with Crippen molar-refractivity contribution in [1.82, 2.24) is 14.7 Å². The maximum atomic E-state index is 13.4. The Morgan fingerprint density at radius 3 is 2.57 bits per heavy atom. The van der Waals surface area contributed by atoms with E-state index in [1.165, 1.54) is 0 Å². The van der Waals surface area contributed by atoms with Crippen molar-refractivity contribution in [1.29, 1.82) is 0 Å². The molecule has 2 unspecified atom stereocenters. The molecule has 1 amide bonds. The van der Waals surface area contributed by atoms with Gasteiger partial charge in [0, 0.05) is 64.3 Å². The maximum Gasteiger partial charge on any atom is 0.305 e. The van der Waals surface area contributed by atoms with Crippen molar-refractivity contribution in [2.75, 3.05) is 78.8 Å². The number of esters is 1.